The van der Waals surface area contributed by atoms with Crippen LogP contribution in [0.15, 0.2) is 65.6 Å². The SMILES string of the molecule is COc1ccccc1-n1ncc2c(C)n(-c3ccccc3)c(C)c2c1=O. The Hall–Kier alpha value is -3.34. The second-order valence-electron chi connectivity index (χ2n) is 6.16. The van der Waals surface area contributed by atoms with Crippen LogP contribution in [0.2, 0.25) is 0 Å². The number of methoxy groups -OCH3 is 1. The summed E-state index contributed by atoms with van der Waals surface area (Å²) in [6, 6.07) is 17.4. The van der Waals surface area contributed by atoms with Crippen LogP contribution >= 0.6 is 0 Å². The summed E-state index contributed by atoms with van der Waals surface area (Å²) >= 11 is 0. The van der Waals surface area contributed by atoms with Crippen LogP contribution in [0, 0.1) is 13.8 Å². The van der Waals surface area contributed by atoms with Gasteiger partial charge in [-0.25, -0.2) is 0 Å². The van der Waals surface area contributed by atoms with E-state index >= 15 is 0 Å². The zero-order valence-corrected chi connectivity index (χ0v) is 14.9. The molecule has 0 spiro atoms. The van der Waals surface area contributed by atoms with E-state index in [9.17, 15) is 4.79 Å². The molecular formula is C21H19N3O2. The van der Waals surface area contributed by atoms with Crippen molar-refractivity contribution >= 4 is 10.8 Å². The molecule has 0 bridgehead atoms. The van der Waals surface area contributed by atoms with Gasteiger partial charge in [0.05, 0.1) is 18.7 Å². The van der Waals surface area contributed by atoms with Gasteiger partial charge in [-0.2, -0.15) is 9.78 Å². The molecule has 2 heterocycles. The second-order valence-corrected chi connectivity index (χ2v) is 6.16. The topological polar surface area (TPSA) is 49.0 Å². The van der Waals surface area contributed by atoms with Crippen molar-refractivity contribution in [3.05, 3.63) is 82.5 Å². The van der Waals surface area contributed by atoms with Gasteiger partial charge in [0, 0.05) is 22.5 Å². The zero-order chi connectivity index (χ0) is 18.3. The molecule has 0 amide bonds. The summed E-state index contributed by atoms with van der Waals surface area (Å²) in [5.41, 5.74) is 3.41. The summed E-state index contributed by atoms with van der Waals surface area (Å²) < 4.78 is 8.89. The number of aromatic nitrogens is 3. The summed E-state index contributed by atoms with van der Waals surface area (Å²) in [5, 5.41) is 5.94. The van der Waals surface area contributed by atoms with Crippen LogP contribution in [-0.4, -0.2) is 21.5 Å². The average molecular weight is 345 g/mol. The third kappa shape index (κ3) is 2.32. The van der Waals surface area contributed by atoms with Crippen molar-refractivity contribution in [2.75, 3.05) is 7.11 Å². The van der Waals surface area contributed by atoms with Crippen LogP contribution < -0.4 is 10.3 Å². The van der Waals surface area contributed by atoms with Crippen molar-refractivity contribution in [2.24, 2.45) is 0 Å². The molecule has 0 aliphatic rings. The fourth-order valence-corrected chi connectivity index (χ4v) is 3.50. The first kappa shape index (κ1) is 16.1. The Morgan fingerprint density at radius 3 is 2.35 bits per heavy atom. The van der Waals surface area contributed by atoms with E-state index in [-0.39, 0.29) is 5.56 Å². The third-order valence-electron chi connectivity index (χ3n) is 4.73. The largest absolute Gasteiger partial charge is 0.494 e. The molecule has 0 N–H and O–H groups in total. The van der Waals surface area contributed by atoms with Gasteiger partial charge >= 0.3 is 0 Å². The molecule has 5 nitrogen and oxygen atoms in total. The van der Waals surface area contributed by atoms with Crippen molar-refractivity contribution in [1.82, 2.24) is 14.3 Å². The minimum Gasteiger partial charge on any atom is -0.494 e. The number of benzene rings is 2. The van der Waals surface area contributed by atoms with E-state index in [1.165, 1.54) is 4.68 Å². The van der Waals surface area contributed by atoms with Crippen LogP contribution in [0.5, 0.6) is 5.75 Å². The molecule has 0 atom stereocenters. The number of nitrogens with zero attached hydrogens (tertiary/aromatic N) is 3. The molecule has 0 radical (unpaired) electrons. The highest BCUT2D eigenvalue weighted by molar-refractivity contribution is 5.88. The molecule has 0 aliphatic heterocycles. The summed E-state index contributed by atoms with van der Waals surface area (Å²) in [6.45, 7) is 3.98. The van der Waals surface area contributed by atoms with E-state index in [4.69, 9.17) is 4.74 Å². The quantitative estimate of drug-likeness (QED) is 0.567. The Morgan fingerprint density at radius 1 is 0.923 bits per heavy atom. The molecule has 4 aromatic rings. The number of hydrogen-bond acceptors (Lipinski definition) is 3. The van der Waals surface area contributed by atoms with Gasteiger partial charge in [0.2, 0.25) is 0 Å². The van der Waals surface area contributed by atoms with Crippen LogP contribution in [0.25, 0.3) is 22.1 Å². The lowest BCUT2D eigenvalue weighted by atomic mass is 10.2. The average Bonchev–Trinajstić information content (AvgIpc) is 2.94. The number of fused-ring (bicyclic) bond motifs is 1. The monoisotopic (exact) mass is 345 g/mol. The molecule has 0 saturated carbocycles. The van der Waals surface area contributed by atoms with E-state index < -0.39 is 0 Å². The number of ether oxygens (including phenoxy) is 1. The van der Waals surface area contributed by atoms with Crippen molar-refractivity contribution in [1.29, 1.82) is 0 Å². The predicted octanol–water partition coefficient (Wildman–Crippen LogP) is 3.80. The van der Waals surface area contributed by atoms with Gasteiger partial charge in [0.1, 0.15) is 11.4 Å². The lowest BCUT2D eigenvalue weighted by molar-refractivity contribution is 0.411. The first-order valence-corrected chi connectivity index (χ1v) is 8.42. The standard InChI is InChI=1S/C21H19N3O2/c1-14-17-13-22-24(18-11-7-8-12-19(18)26-3)21(25)20(17)15(2)23(14)16-9-5-4-6-10-16/h4-13H,1-3H3. The van der Waals surface area contributed by atoms with Gasteiger partial charge < -0.3 is 9.30 Å². The van der Waals surface area contributed by atoms with Gasteiger partial charge in [-0.1, -0.05) is 30.3 Å². The van der Waals surface area contributed by atoms with Gasteiger partial charge in [0.25, 0.3) is 5.56 Å². The summed E-state index contributed by atoms with van der Waals surface area (Å²) in [4.78, 5) is 13.2. The molecule has 4 rings (SSSR count). The minimum atomic E-state index is -0.151. The Morgan fingerprint density at radius 2 is 1.62 bits per heavy atom. The first-order valence-electron chi connectivity index (χ1n) is 8.42. The zero-order valence-electron chi connectivity index (χ0n) is 14.9. The molecule has 0 unspecified atom stereocenters. The summed E-state index contributed by atoms with van der Waals surface area (Å²) in [7, 11) is 1.59. The Kier molecular flexibility index (Phi) is 3.84. The normalized spacial score (nSPS) is 11.0. The van der Waals surface area contributed by atoms with Crippen molar-refractivity contribution in [3.63, 3.8) is 0 Å². The number of aryl methyl sites for hydroxylation is 2. The van der Waals surface area contributed by atoms with E-state index in [1.54, 1.807) is 13.3 Å². The maximum atomic E-state index is 13.2. The second kappa shape index (κ2) is 6.19. The molecule has 26 heavy (non-hydrogen) atoms. The maximum Gasteiger partial charge on any atom is 0.281 e. The molecule has 0 fully saturated rings. The Balaban J connectivity index is 2.03. The molecule has 0 aliphatic carbocycles. The van der Waals surface area contributed by atoms with Crippen molar-refractivity contribution < 1.29 is 4.74 Å². The van der Waals surface area contributed by atoms with Crippen molar-refractivity contribution in [2.45, 2.75) is 13.8 Å². The van der Waals surface area contributed by atoms with Gasteiger partial charge in [0.15, 0.2) is 0 Å². The van der Waals surface area contributed by atoms with E-state index in [0.717, 1.165) is 22.5 Å². The lowest BCUT2D eigenvalue weighted by Gasteiger charge is -2.09. The highest BCUT2D eigenvalue weighted by Crippen LogP contribution is 2.27. The third-order valence-corrected chi connectivity index (χ3v) is 4.73. The molecular weight excluding hydrogens is 326 g/mol. The van der Waals surface area contributed by atoms with E-state index in [1.807, 2.05) is 68.4 Å². The Bertz CT molecular complexity index is 1160. The summed E-state index contributed by atoms with van der Waals surface area (Å²) in [5.74, 6) is 0.610. The lowest BCUT2D eigenvalue weighted by Crippen LogP contribution is -2.21. The van der Waals surface area contributed by atoms with Crippen LogP contribution in [0.3, 0.4) is 0 Å². The number of rotatable bonds is 3. The van der Waals surface area contributed by atoms with E-state index in [2.05, 4.69) is 9.67 Å². The van der Waals surface area contributed by atoms with Gasteiger partial charge in [-0.05, 0) is 38.1 Å². The predicted molar refractivity (Wildman–Crippen MR) is 103 cm³/mol. The smallest absolute Gasteiger partial charge is 0.281 e. The molecule has 130 valence electrons. The van der Waals surface area contributed by atoms with Gasteiger partial charge in [-0.3, -0.25) is 4.79 Å². The highest BCUT2D eigenvalue weighted by atomic mass is 16.5. The minimum absolute atomic E-state index is 0.151. The van der Waals surface area contributed by atoms with Crippen LogP contribution in [-0.2, 0) is 0 Å². The Labute approximate surface area is 151 Å². The fraction of sp³-hybridized carbons (Fsp3) is 0.143. The van der Waals surface area contributed by atoms with Gasteiger partial charge in [-0.15, -0.1) is 0 Å². The van der Waals surface area contributed by atoms with Crippen LogP contribution in [0.4, 0.5) is 0 Å². The fourth-order valence-electron chi connectivity index (χ4n) is 3.50. The van der Waals surface area contributed by atoms with Crippen molar-refractivity contribution in [3.8, 4) is 17.1 Å². The molecule has 2 aromatic heterocycles. The van der Waals surface area contributed by atoms with Crippen LogP contribution in [0.1, 0.15) is 11.4 Å². The molecule has 0 saturated heterocycles. The van der Waals surface area contributed by atoms with E-state index in [0.29, 0.717) is 16.8 Å². The molecule has 2 aromatic carbocycles. The number of para-hydroxylation sites is 3. The number of hydrogen-bond donors (Lipinski definition) is 0. The maximum absolute atomic E-state index is 13.2. The molecule has 5 heteroatoms. The first-order chi connectivity index (χ1) is 12.6. The highest BCUT2D eigenvalue weighted by Gasteiger charge is 2.18. The summed E-state index contributed by atoms with van der Waals surface area (Å²) in [6.07, 6.45) is 1.75.